The molecule has 0 aromatic heterocycles. The first-order valence-corrected chi connectivity index (χ1v) is 7.83. The van der Waals surface area contributed by atoms with Crippen molar-refractivity contribution < 1.29 is 14.7 Å². The van der Waals surface area contributed by atoms with Gasteiger partial charge in [0.15, 0.2) is 0 Å². The Morgan fingerprint density at radius 1 is 1.30 bits per heavy atom. The van der Waals surface area contributed by atoms with Gasteiger partial charge in [-0.25, -0.2) is 4.79 Å². The van der Waals surface area contributed by atoms with Gasteiger partial charge in [-0.1, -0.05) is 6.92 Å². The molecule has 2 amide bonds. The van der Waals surface area contributed by atoms with Crippen molar-refractivity contribution in [3.8, 4) is 0 Å². The molecule has 2 fully saturated rings. The third kappa shape index (κ3) is 3.64. The Labute approximate surface area is 120 Å². The number of carbonyl (C=O) groups excluding carboxylic acids is 1. The largest absolute Gasteiger partial charge is 0.481 e. The van der Waals surface area contributed by atoms with E-state index in [4.69, 9.17) is 5.11 Å². The number of nitrogens with one attached hydrogen (secondary N) is 1. The molecular weight excluding hydrogens is 256 g/mol. The fourth-order valence-electron chi connectivity index (χ4n) is 3.23. The Balaban J connectivity index is 1.73. The fraction of sp³-hybridized carbons (Fsp3) is 0.867. The smallest absolute Gasteiger partial charge is 0.317 e. The molecule has 2 rings (SSSR count). The maximum atomic E-state index is 12.3. The number of carboxylic acid groups (broad SMARTS) is 1. The quantitative estimate of drug-likeness (QED) is 0.814. The number of amides is 2. The highest BCUT2D eigenvalue weighted by Crippen LogP contribution is 2.35. The lowest BCUT2D eigenvalue weighted by Crippen LogP contribution is -2.57. The van der Waals surface area contributed by atoms with E-state index in [0.717, 1.165) is 51.6 Å². The zero-order chi connectivity index (χ0) is 14.6. The van der Waals surface area contributed by atoms with Gasteiger partial charge in [0.05, 0.1) is 0 Å². The SMILES string of the molecule is CCC1(NC(=O)N2CCC(CCC(=O)O)CC2)CCC1. The minimum absolute atomic E-state index is 0.0528. The summed E-state index contributed by atoms with van der Waals surface area (Å²) in [4.78, 5) is 24.7. The number of aliphatic carboxylic acids is 1. The Morgan fingerprint density at radius 2 is 1.95 bits per heavy atom. The maximum absolute atomic E-state index is 12.3. The van der Waals surface area contributed by atoms with Gasteiger partial charge in [0, 0.05) is 25.0 Å². The highest BCUT2D eigenvalue weighted by Gasteiger charge is 2.37. The number of piperidine rings is 1. The average Bonchev–Trinajstić information content (AvgIpc) is 2.41. The molecule has 5 nitrogen and oxygen atoms in total. The molecule has 2 aliphatic rings. The van der Waals surface area contributed by atoms with Crippen molar-refractivity contribution in [2.75, 3.05) is 13.1 Å². The first-order valence-electron chi connectivity index (χ1n) is 7.83. The Morgan fingerprint density at radius 3 is 2.40 bits per heavy atom. The number of hydrogen-bond acceptors (Lipinski definition) is 2. The van der Waals surface area contributed by atoms with E-state index in [0.29, 0.717) is 5.92 Å². The average molecular weight is 282 g/mol. The van der Waals surface area contributed by atoms with Crippen LogP contribution in [0.5, 0.6) is 0 Å². The molecule has 20 heavy (non-hydrogen) atoms. The van der Waals surface area contributed by atoms with Crippen LogP contribution in [0.1, 0.15) is 58.3 Å². The summed E-state index contributed by atoms with van der Waals surface area (Å²) in [5.74, 6) is -0.265. The van der Waals surface area contributed by atoms with E-state index in [1.165, 1.54) is 6.42 Å². The molecule has 1 heterocycles. The first-order chi connectivity index (χ1) is 9.54. The highest BCUT2D eigenvalue weighted by atomic mass is 16.4. The van der Waals surface area contributed by atoms with Gasteiger partial charge < -0.3 is 15.3 Å². The molecular formula is C15H26N2O3. The summed E-state index contributed by atoms with van der Waals surface area (Å²) in [6.07, 6.45) is 7.27. The van der Waals surface area contributed by atoms with E-state index in [1.807, 2.05) is 4.90 Å². The lowest BCUT2D eigenvalue weighted by molar-refractivity contribution is -0.137. The molecule has 1 aliphatic carbocycles. The van der Waals surface area contributed by atoms with E-state index < -0.39 is 5.97 Å². The number of carbonyl (C=O) groups is 2. The van der Waals surface area contributed by atoms with Crippen molar-refractivity contribution in [3.63, 3.8) is 0 Å². The first kappa shape index (κ1) is 15.1. The minimum atomic E-state index is -0.722. The van der Waals surface area contributed by atoms with Crippen molar-refractivity contribution in [1.82, 2.24) is 10.2 Å². The van der Waals surface area contributed by atoms with Gasteiger partial charge in [0.25, 0.3) is 0 Å². The van der Waals surface area contributed by atoms with Crippen LogP contribution in [-0.2, 0) is 4.79 Å². The summed E-state index contributed by atoms with van der Waals surface area (Å²) in [5, 5.41) is 11.9. The second kappa shape index (κ2) is 6.46. The normalized spacial score (nSPS) is 22.1. The van der Waals surface area contributed by atoms with Crippen molar-refractivity contribution in [2.45, 2.75) is 63.8 Å². The molecule has 0 bridgehead atoms. The van der Waals surface area contributed by atoms with Crippen LogP contribution >= 0.6 is 0 Å². The predicted octanol–water partition coefficient (Wildman–Crippen LogP) is 2.61. The van der Waals surface area contributed by atoms with Crippen molar-refractivity contribution in [3.05, 3.63) is 0 Å². The molecule has 2 N–H and O–H groups in total. The molecule has 1 aliphatic heterocycles. The summed E-state index contributed by atoms with van der Waals surface area (Å²) >= 11 is 0. The van der Waals surface area contributed by atoms with E-state index in [2.05, 4.69) is 12.2 Å². The van der Waals surface area contributed by atoms with Gasteiger partial charge in [-0.3, -0.25) is 4.79 Å². The zero-order valence-electron chi connectivity index (χ0n) is 12.4. The van der Waals surface area contributed by atoms with Crippen molar-refractivity contribution >= 4 is 12.0 Å². The van der Waals surface area contributed by atoms with Crippen LogP contribution < -0.4 is 5.32 Å². The number of hydrogen-bond donors (Lipinski definition) is 2. The van der Waals surface area contributed by atoms with Crippen LogP contribution in [0.15, 0.2) is 0 Å². The molecule has 114 valence electrons. The van der Waals surface area contributed by atoms with Crippen LogP contribution in [0.25, 0.3) is 0 Å². The molecule has 0 spiro atoms. The molecule has 0 aromatic carbocycles. The third-order valence-corrected chi connectivity index (χ3v) is 5.03. The number of carboxylic acids is 1. The highest BCUT2D eigenvalue weighted by molar-refractivity contribution is 5.75. The van der Waals surface area contributed by atoms with Gasteiger partial charge in [-0.15, -0.1) is 0 Å². The monoisotopic (exact) mass is 282 g/mol. The maximum Gasteiger partial charge on any atom is 0.317 e. The fourth-order valence-corrected chi connectivity index (χ4v) is 3.23. The number of likely N-dealkylation sites (tertiary alicyclic amines) is 1. The number of urea groups is 1. The van der Waals surface area contributed by atoms with Crippen LogP contribution in [-0.4, -0.2) is 40.6 Å². The molecule has 1 saturated carbocycles. The van der Waals surface area contributed by atoms with Gasteiger partial charge in [0.2, 0.25) is 0 Å². The molecule has 5 heteroatoms. The molecule has 0 unspecified atom stereocenters. The zero-order valence-corrected chi connectivity index (χ0v) is 12.4. The van der Waals surface area contributed by atoms with Crippen LogP contribution in [0.2, 0.25) is 0 Å². The predicted molar refractivity (Wildman–Crippen MR) is 76.6 cm³/mol. The van der Waals surface area contributed by atoms with E-state index in [-0.39, 0.29) is 18.0 Å². The summed E-state index contributed by atoms with van der Waals surface area (Å²) in [6.45, 7) is 3.66. The molecule has 0 atom stereocenters. The minimum Gasteiger partial charge on any atom is -0.481 e. The Bertz CT molecular complexity index is 353. The standard InChI is InChI=1S/C15H26N2O3/c1-2-15(8-3-9-15)16-14(20)17-10-6-12(7-11-17)4-5-13(18)19/h12H,2-11H2,1H3,(H,16,20)(H,18,19). The van der Waals surface area contributed by atoms with E-state index in [1.54, 1.807) is 0 Å². The van der Waals surface area contributed by atoms with Crippen molar-refractivity contribution in [1.29, 1.82) is 0 Å². The lowest BCUT2D eigenvalue weighted by atomic mass is 9.75. The van der Waals surface area contributed by atoms with Crippen LogP contribution in [0, 0.1) is 5.92 Å². The second-order valence-corrected chi connectivity index (χ2v) is 6.28. The summed E-state index contributed by atoms with van der Waals surface area (Å²) in [6, 6.07) is 0.0724. The van der Waals surface area contributed by atoms with Gasteiger partial charge in [0.1, 0.15) is 0 Å². The van der Waals surface area contributed by atoms with Gasteiger partial charge in [-0.05, 0) is 50.9 Å². The van der Waals surface area contributed by atoms with Crippen molar-refractivity contribution in [2.24, 2.45) is 5.92 Å². The lowest BCUT2D eigenvalue weighted by Gasteiger charge is -2.44. The Hall–Kier alpha value is -1.26. The third-order valence-electron chi connectivity index (χ3n) is 5.03. The van der Waals surface area contributed by atoms with Crippen LogP contribution in [0.4, 0.5) is 4.79 Å². The number of rotatable bonds is 5. The summed E-state index contributed by atoms with van der Waals surface area (Å²) in [5.41, 5.74) is 0.0528. The van der Waals surface area contributed by atoms with Crippen LogP contribution in [0.3, 0.4) is 0 Å². The van der Waals surface area contributed by atoms with E-state index >= 15 is 0 Å². The van der Waals surface area contributed by atoms with Gasteiger partial charge >= 0.3 is 12.0 Å². The molecule has 0 aromatic rings. The molecule has 0 radical (unpaired) electrons. The summed E-state index contributed by atoms with van der Waals surface area (Å²) < 4.78 is 0. The van der Waals surface area contributed by atoms with Gasteiger partial charge in [-0.2, -0.15) is 0 Å². The number of nitrogens with zero attached hydrogens (tertiary/aromatic N) is 1. The topological polar surface area (TPSA) is 69.6 Å². The summed E-state index contributed by atoms with van der Waals surface area (Å²) in [7, 11) is 0. The Kier molecular flexibility index (Phi) is 4.89. The second-order valence-electron chi connectivity index (χ2n) is 6.28. The molecule has 1 saturated heterocycles. The van der Waals surface area contributed by atoms with E-state index in [9.17, 15) is 9.59 Å².